The zero-order valence-corrected chi connectivity index (χ0v) is 13.8. The van der Waals surface area contributed by atoms with Gasteiger partial charge < -0.3 is 9.47 Å². The van der Waals surface area contributed by atoms with Crippen LogP contribution in [0.15, 0.2) is 29.2 Å². The number of benzene rings is 1. The van der Waals surface area contributed by atoms with Gasteiger partial charge in [0.05, 0.1) is 24.7 Å². The molecule has 1 saturated carbocycles. The number of rotatable bonds is 4. The van der Waals surface area contributed by atoms with Crippen LogP contribution in [0, 0.1) is 5.41 Å². The largest absolute Gasteiger partial charge is 0.380 e. The van der Waals surface area contributed by atoms with Crippen molar-refractivity contribution in [2.24, 2.45) is 5.41 Å². The number of methoxy groups -OCH3 is 1. The first-order valence-electron chi connectivity index (χ1n) is 7.72. The van der Waals surface area contributed by atoms with Crippen molar-refractivity contribution in [3.63, 3.8) is 0 Å². The molecule has 0 amide bonds. The van der Waals surface area contributed by atoms with Crippen LogP contribution in [0.4, 0.5) is 0 Å². The molecule has 6 heteroatoms. The van der Waals surface area contributed by atoms with Crippen molar-refractivity contribution in [3.8, 4) is 0 Å². The van der Waals surface area contributed by atoms with Crippen LogP contribution in [-0.2, 0) is 26.1 Å². The monoisotopic (exact) mass is 325 g/mol. The molecule has 1 spiro atoms. The molecule has 1 aliphatic carbocycles. The van der Waals surface area contributed by atoms with Crippen molar-refractivity contribution in [1.82, 2.24) is 4.31 Å². The van der Waals surface area contributed by atoms with Crippen LogP contribution in [0.1, 0.15) is 24.8 Å². The van der Waals surface area contributed by atoms with Gasteiger partial charge in [0.2, 0.25) is 10.0 Å². The molecule has 1 aromatic rings. The van der Waals surface area contributed by atoms with Gasteiger partial charge in [-0.15, -0.1) is 0 Å². The van der Waals surface area contributed by atoms with Crippen LogP contribution in [0.2, 0.25) is 0 Å². The molecule has 1 saturated heterocycles. The molecule has 0 aromatic heterocycles. The summed E-state index contributed by atoms with van der Waals surface area (Å²) >= 11 is 0. The Hall–Kier alpha value is -0.950. The Morgan fingerprint density at radius 1 is 1.32 bits per heavy atom. The Bertz CT molecular complexity index is 625. The van der Waals surface area contributed by atoms with E-state index in [-0.39, 0.29) is 5.41 Å². The number of nitrogens with zero attached hydrogens (tertiary/aromatic N) is 1. The molecular formula is C16H23NO4S. The van der Waals surface area contributed by atoms with Gasteiger partial charge >= 0.3 is 0 Å². The van der Waals surface area contributed by atoms with Crippen molar-refractivity contribution in [1.29, 1.82) is 0 Å². The third kappa shape index (κ3) is 2.93. The lowest BCUT2D eigenvalue weighted by atomic mass is 9.69. The summed E-state index contributed by atoms with van der Waals surface area (Å²) in [6, 6.07) is 7.08. The van der Waals surface area contributed by atoms with Crippen LogP contribution >= 0.6 is 0 Å². The quantitative estimate of drug-likeness (QED) is 0.850. The summed E-state index contributed by atoms with van der Waals surface area (Å²) in [5.74, 6) is 0. The molecule has 3 rings (SSSR count). The van der Waals surface area contributed by atoms with E-state index in [1.807, 2.05) is 12.1 Å². The van der Waals surface area contributed by atoms with E-state index in [1.165, 1.54) is 0 Å². The zero-order chi connectivity index (χ0) is 15.6. The van der Waals surface area contributed by atoms with Gasteiger partial charge in [-0.25, -0.2) is 8.42 Å². The smallest absolute Gasteiger partial charge is 0.243 e. The minimum atomic E-state index is -3.51. The second-order valence-corrected chi connectivity index (χ2v) is 8.19. The van der Waals surface area contributed by atoms with Crippen molar-refractivity contribution in [2.45, 2.75) is 30.8 Å². The maximum Gasteiger partial charge on any atom is 0.243 e. The number of hydrogen-bond acceptors (Lipinski definition) is 4. The topological polar surface area (TPSA) is 55.8 Å². The number of sulfonamides is 1. The van der Waals surface area contributed by atoms with Gasteiger partial charge in [0.25, 0.3) is 0 Å². The lowest BCUT2D eigenvalue weighted by molar-refractivity contribution is 0.0145. The molecule has 0 bridgehead atoms. The third-order valence-electron chi connectivity index (χ3n) is 4.71. The Labute approximate surface area is 132 Å². The molecule has 22 heavy (non-hydrogen) atoms. The van der Waals surface area contributed by atoms with Gasteiger partial charge in [-0.05, 0) is 24.5 Å². The van der Waals surface area contributed by atoms with Gasteiger partial charge in [-0.3, -0.25) is 0 Å². The van der Waals surface area contributed by atoms with Crippen molar-refractivity contribution in [2.75, 3.05) is 33.4 Å². The summed E-state index contributed by atoms with van der Waals surface area (Å²) in [7, 11) is -1.94. The van der Waals surface area contributed by atoms with Crippen LogP contribution in [0.25, 0.3) is 0 Å². The van der Waals surface area contributed by atoms with Crippen LogP contribution in [-0.4, -0.2) is 46.1 Å². The van der Waals surface area contributed by atoms with Gasteiger partial charge in [-0.2, -0.15) is 4.31 Å². The van der Waals surface area contributed by atoms with Gasteiger partial charge in [0, 0.05) is 25.6 Å². The van der Waals surface area contributed by atoms with E-state index >= 15 is 0 Å². The molecule has 5 nitrogen and oxygen atoms in total. The first-order valence-corrected chi connectivity index (χ1v) is 9.16. The summed E-state index contributed by atoms with van der Waals surface area (Å²) in [6.45, 7) is 2.43. The molecule has 2 fully saturated rings. The number of ether oxygens (including phenoxy) is 2. The Morgan fingerprint density at radius 2 is 2.09 bits per heavy atom. The molecule has 1 aliphatic heterocycles. The van der Waals surface area contributed by atoms with Gasteiger partial charge in [-0.1, -0.05) is 24.6 Å². The van der Waals surface area contributed by atoms with E-state index in [0.29, 0.717) is 43.4 Å². The molecule has 0 unspecified atom stereocenters. The predicted octanol–water partition coefficient (Wildman–Crippen LogP) is 2.02. The highest BCUT2D eigenvalue weighted by Crippen LogP contribution is 2.43. The average molecular weight is 325 g/mol. The Morgan fingerprint density at radius 3 is 2.77 bits per heavy atom. The van der Waals surface area contributed by atoms with Crippen molar-refractivity contribution >= 4 is 10.0 Å². The Kier molecular flexibility index (Phi) is 4.54. The normalized spacial score (nSPS) is 22.2. The van der Waals surface area contributed by atoms with Crippen LogP contribution in [0.3, 0.4) is 0 Å². The van der Waals surface area contributed by atoms with Crippen LogP contribution in [0.5, 0.6) is 0 Å². The minimum Gasteiger partial charge on any atom is -0.380 e. The highest BCUT2D eigenvalue weighted by molar-refractivity contribution is 7.89. The zero-order valence-electron chi connectivity index (χ0n) is 13.0. The van der Waals surface area contributed by atoms with Crippen molar-refractivity contribution < 1.29 is 17.9 Å². The summed E-state index contributed by atoms with van der Waals surface area (Å²) in [4.78, 5) is 0.355. The Balaban J connectivity index is 1.91. The molecule has 2 aliphatic rings. The van der Waals surface area contributed by atoms with E-state index < -0.39 is 10.0 Å². The summed E-state index contributed by atoms with van der Waals surface area (Å²) in [5, 5.41) is 0. The highest BCUT2D eigenvalue weighted by atomic mass is 32.2. The molecule has 0 radical (unpaired) electrons. The predicted molar refractivity (Wildman–Crippen MR) is 83.0 cm³/mol. The second-order valence-electron chi connectivity index (χ2n) is 6.29. The minimum absolute atomic E-state index is 0.0275. The van der Waals surface area contributed by atoms with E-state index in [1.54, 1.807) is 23.5 Å². The number of hydrogen-bond donors (Lipinski definition) is 0. The lowest BCUT2D eigenvalue weighted by Gasteiger charge is -2.42. The van der Waals surface area contributed by atoms with E-state index in [4.69, 9.17) is 9.47 Å². The standard InChI is InChI=1S/C16H23NO4S/c1-20-11-14-5-2-3-6-15(14)22(18,19)17-9-10-21-13-16(12-17)7-4-8-16/h2-3,5-6H,4,7-13H2,1H3. The van der Waals surface area contributed by atoms with Crippen molar-refractivity contribution in [3.05, 3.63) is 29.8 Å². The maximum atomic E-state index is 13.1. The fraction of sp³-hybridized carbons (Fsp3) is 0.625. The van der Waals surface area contributed by atoms with Gasteiger partial charge in [0.1, 0.15) is 0 Å². The molecule has 1 heterocycles. The molecular weight excluding hydrogens is 302 g/mol. The SMILES string of the molecule is COCc1ccccc1S(=O)(=O)N1CCOCC2(CCC2)C1. The first kappa shape index (κ1) is 15.9. The van der Waals surface area contributed by atoms with Crippen LogP contribution < -0.4 is 0 Å². The van der Waals surface area contributed by atoms with E-state index in [0.717, 1.165) is 19.3 Å². The molecule has 122 valence electrons. The molecule has 0 N–H and O–H groups in total. The highest BCUT2D eigenvalue weighted by Gasteiger charge is 2.43. The van der Waals surface area contributed by atoms with E-state index in [2.05, 4.69) is 0 Å². The first-order chi connectivity index (χ1) is 10.6. The molecule has 0 atom stereocenters. The average Bonchev–Trinajstić information content (AvgIpc) is 2.71. The summed E-state index contributed by atoms with van der Waals surface area (Å²) in [6.07, 6.45) is 3.27. The summed E-state index contributed by atoms with van der Waals surface area (Å²) < 4.78 is 38.6. The molecule has 1 aromatic carbocycles. The van der Waals surface area contributed by atoms with Gasteiger partial charge in [0.15, 0.2) is 0 Å². The second kappa shape index (κ2) is 6.28. The third-order valence-corrected chi connectivity index (χ3v) is 6.66. The van der Waals surface area contributed by atoms with E-state index in [9.17, 15) is 8.42 Å². The lowest BCUT2D eigenvalue weighted by Crippen LogP contribution is -2.45. The fourth-order valence-corrected chi connectivity index (χ4v) is 5.05. The fourth-order valence-electron chi connectivity index (χ4n) is 3.31. The maximum absolute atomic E-state index is 13.1. The summed E-state index contributed by atoms with van der Waals surface area (Å²) in [5.41, 5.74) is 0.734.